The second-order valence-corrected chi connectivity index (χ2v) is 8.30. The monoisotopic (exact) mass is 427 g/mol. The number of nitrogens with zero attached hydrogens (tertiary/aromatic N) is 2. The first-order valence-corrected chi connectivity index (χ1v) is 10.5. The molecule has 2 aromatic rings. The average molecular weight is 427 g/mol. The first-order chi connectivity index (χ1) is 14.4. The van der Waals surface area contributed by atoms with Crippen molar-refractivity contribution in [3.63, 3.8) is 0 Å². The van der Waals surface area contributed by atoms with E-state index in [1.54, 1.807) is 12.3 Å². The van der Waals surface area contributed by atoms with Crippen molar-refractivity contribution >= 4 is 40.2 Å². The molecular formula is C20H21N5O4S. The average Bonchev–Trinajstić information content (AvgIpc) is 3.31. The Morgan fingerprint density at radius 1 is 1.33 bits per heavy atom. The van der Waals surface area contributed by atoms with Gasteiger partial charge < -0.3 is 10.2 Å². The van der Waals surface area contributed by atoms with Gasteiger partial charge in [0, 0.05) is 36.1 Å². The summed E-state index contributed by atoms with van der Waals surface area (Å²) >= 11 is 1.43. The van der Waals surface area contributed by atoms with Gasteiger partial charge in [0.25, 0.3) is 5.91 Å². The molecule has 2 aliphatic rings. The van der Waals surface area contributed by atoms with Crippen molar-refractivity contribution in [3.8, 4) is 0 Å². The van der Waals surface area contributed by atoms with Crippen molar-refractivity contribution in [2.24, 2.45) is 0 Å². The fourth-order valence-electron chi connectivity index (χ4n) is 3.56. The van der Waals surface area contributed by atoms with Gasteiger partial charge in [-0.2, -0.15) is 0 Å². The number of carbonyl (C=O) groups is 4. The maximum absolute atomic E-state index is 12.8. The zero-order chi connectivity index (χ0) is 21.3. The van der Waals surface area contributed by atoms with E-state index in [2.05, 4.69) is 20.9 Å². The Morgan fingerprint density at radius 2 is 2.17 bits per heavy atom. The van der Waals surface area contributed by atoms with Gasteiger partial charge in [0.2, 0.25) is 11.8 Å². The number of urea groups is 1. The van der Waals surface area contributed by atoms with E-state index in [-0.39, 0.29) is 30.8 Å². The van der Waals surface area contributed by atoms with Crippen LogP contribution >= 0.6 is 11.3 Å². The minimum Gasteiger partial charge on any atom is -0.334 e. The molecule has 3 heterocycles. The highest BCUT2D eigenvalue weighted by Gasteiger charge is 2.39. The van der Waals surface area contributed by atoms with Gasteiger partial charge in [0.05, 0.1) is 0 Å². The molecule has 1 unspecified atom stereocenters. The molecule has 0 radical (unpaired) electrons. The van der Waals surface area contributed by atoms with E-state index in [1.165, 1.54) is 16.2 Å². The summed E-state index contributed by atoms with van der Waals surface area (Å²) in [6.45, 7) is 2.60. The Hall–Kier alpha value is -3.27. The van der Waals surface area contributed by atoms with Gasteiger partial charge in [0.15, 0.2) is 5.13 Å². The number of amides is 5. The van der Waals surface area contributed by atoms with Crippen LogP contribution in [0.4, 0.5) is 9.93 Å². The lowest BCUT2D eigenvalue weighted by molar-refractivity contribution is -0.136. The molecule has 0 spiro atoms. The Morgan fingerprint density at radius 3 is 2.90 bits per heavy atom. The van der Waals surface area contributed by atoms with Crippen LogP contribution in [0.15, 0.2) is 24.4 Å². The molecule has 1 fully saturated rings. The van der Waals surface area contributed by atoms with Gasteiger partial charge in [-0.15, -0.1) is 11.3 Å². The molecule has 9 nitrogen and oxygen atoms in total. The van der Waals surface area contributed by atoms with E-state index >= 15 is 0 Å². The van der Waals surface area contributed by atoms with Crippen LogP contribution in [0.5, 0.6) is 0 Å². The minimum atomic E-state index is -0.638. The predicted octanol–water partition coefficient (Wildman–Crippen LogP) is 1.79. The maximum Gasteiger partial charge on any atom is 0.321 e. The van der Waals surface area contributed by atoms with Crippen molar-refractivity contribution in [1.29, 1.82) is 0 Å². The fraction of sp³-hybridized carbons (Fsp3) is 0.350. The number of piperidine rings is 1. The topological polar surface area (TPSA) is 120 Å². The van der Waals surface area contributed by atoms with Gasteiger partial charge in [-0.3, -0.25) is 25.0 Å². The van der Waals surface area contributed by atoms with Crippen LogP contribution in [-0.2, 0) is 29.1 Å². The largest absolute Gasteiger partial charge is 0.334 e. The zero-order valence-electron chi connectivity index (χ0n) is 16.4. The van der Waals surface area contributed by atoms with Crippen molar-refractivity contribution in [2.45, 2.75) is 45.3 Å². The molecule has 0 saturated carbocycles. The summed E-state index contributed by atoms with van der Waals surface area (Å²) in [6, 6.07) is 4.41. The lowest BCUT2D eigenvalue weighted by Gasteiger charge is -2.29. The van der Waals surface area contributed by atoms with E-state index in [4.69, 9.17) is 0 Å². The molecule has 0 aliphatic carbocycles. The number of imide groups is 1. The highest BCUT2D eigenvalue weighted by Crippen LogP contribution is 2.28. The SMILES string of the molecule is CCc1cnc(NC(=O)NCc2ccc3c(c2)C(=O)N(C2CCC(=O)NC2=O)C3)s1. The third-order valence-corrected chi connectivity index (χ3v) is 6.23. The summed E-state index contributed by atoms with van der Waals surface area (Å²) in [5.41, 5.74) is 2.12. The second kappa shape index (κ2) is 8.23. The molecule has 5 amide bonds. The van der Waals surface area contributed by atoms with Crippen molar-refractivity contribution in [3.05, 3.63) is 46.0 Å². The third-order valence-electron chi connectivity index (χ3n) is 5.17. The van der Waals surface area contributed by atoms with Gasteiger partial charge in [-0.25, -0.2) is 9.78 Å². The summed E-state index contributed by atoms with van der Waals surface area (Å²) < 4.78 is 0. The second-order valence-electron chi connectivity index (χ2n) is 7.18. The van der Waals surface area contributed by atoms with Gasteiger partial charge in [-0.1, -0.05) is 19.1 Å². The van der Waals surface area contributed by atoms with Crippen LogP contribution < -0.4 is 16.0 Å². The maximum atomic E-state index is 12.8. The summed E-state index contributed by atoms with van der Waals surface area (Å²) in [7, 11) is 0. The Labute approximate surface area is 176 Å². The van der Waals surface area contributed by atoms with Crippen LogP contribution in [0.25, 0.3) is 0 Å². The fourth-order valence-corrected chi connectivity index (χ4v) is 4.31. The smallest absolute Gasteiger partial charge is 0.321 e. The Kier molecular flexibility index (Phi) is 5.49. The van der Waals surface area contributed by atoms with Gasteiger partial charge in [0.1, 0.15) is 6.04 Å². The van der Waals surface area contributed by atoms with E-state index in [9.17, 15) is 19.2 Å². The number of aromatic nitrogens is 1. The molecule has 1 aromatic heterocycles. The number of rotatable bonds is 5. The molecule has 1 saturated heterocycles. The minimum absolute atomic E-state index is 0.222. The zero-order valence-corrected chi connectivity index (χ0v) is 17.2. The number of anilines is 1. The van der Waals surface area contributed by atoms with Gasteiger partial charge in [-0.05, 0) is 30.0 Å². The number of aryl methyl sites for hydroxylation is 1. The van der Waals surface area contributed by atoms with Crippen molar-refractivity contribution in [1.82, 2.24) is 20.5 Å². The highest BCUT2D eigenvalue weighted by molar-refractivity contribution is 7.15. The molecule has 156 valence electrons. The number of benzene rings is 1. The molecule has 10 heteroatoms. The molecule has 3 N–H and O–H groups in total. The lowest BCUT2D eigenvalue weighted by Crippen LogP contribution is -2.52. The van der Waals surface area contributed by atoms with E-state index < -0.39 is 11.9 Å². The van der Waals surface area contributed by atoms with Crippen molar-refractivity contribution < 1.29 is 19.2 Å². The molecule has 30 heavy (non-hydrogen) atoms. The molecule has 2 aliphatic heterocycles. The Bertz CT molecular complexity index is 1030. The van der Waals surface area contributed by atoms with Crippen LogP contribution in [0, 0.1) is 0 Å². The van der Waals surface area contributed by atoms with E-state index in [1.807, 2.05) is 19.1 Å². The number of thiazole rings is 1. The molecule has 1 atom stereocenters. The van der Waals surface area contributed by atoms with Crippen LogP contribution in [0.1, 0.15) is 46.1 Å². The normalized spacial score (nSPS) is 18.2. The highest BCUT2D eigenvalue weighted by atomic mass is 32.1. The molecule has 0 bridgehead atoms. The number of hydrogen-bond donors (Lipinski definition) is 3. The van der Waals surface area contributed by atoms with Crippen LogP contribution in [0.3, 0.4) is 0 Å². The molecule has 1 aromatic carbocycles. The first-order valence-electron chi connectivity index (χ1n) is 9.70. The number of fused-ring (bicyclic) bond motifs is 1. The van der Waals surface area contributed by atoms with Crippen molar-refractivity contribution in [2.75, 3.05) is 5.32 Å². The summed E-state index contributed by atoms with van der Waals surface area (Å²) in [6.07, 6.45) is 3.15. The van der Waals surface area contributed by atoms with Crippen LogP contribution in [0.2, 0.25) is 0 Å². The van der Waals surface area contributed by atoms with E-state index in [0.717, 1.165) is 22.4 Å². The number of carbonyl (C=O) groups excluding carboxylic acids is 4. The summed E-state index contributed by atoms with van der Waals surface area (Å²) in [5.74, 6) is -0.976. The Balaban J connectivity index is 1.37. The van der Waals surface area contributed by atoms with Gasteiger partial charge >= 0.3 is 6.03 Å². The summed E-state index contributed by atoms with van der Waals surface area (Å²) in [5, 5.41) is 8.28. The summed E-state index contributed by atoms with van der Waals surface area (Å²) in [4.78, 5) is 55.2. The number of hydrogen-bond acceptors (Lipinski definition) is 6. The third kappa shape index (κ3) is 4.04. The predicted molar refractivity (Wildman–Crippen MR) is 110 cm³/mol. The lowest BCUT2D eigenvalue weighted by atomic mass is 10.0. The molecular weight excluding hydrogens is 406 g/mol. The first kappa shape index (κ1) is 20.0. The molecule has 4 rings (SSSR count). The van der Waals surface area contributed by atoms with Crippen LogP contribution in [-0.4, -0.2) is 39.7 Å². The standard InChI is InChI=1S/C20H21N5O4S/c1-2-13-9-22-20(30-13)24-19(29)21-8-11-3-4-12-10-25(18(28)14(12)7-11)15-5-6-16(26)23-17(15)27/h3-4,7,9,15H,2,5-6,8,10H2,1H3,(H,23,26,27)(H2,21,22,24,29). The van der Waals surface area contributed by atoms with E-state index in [0.29, 0.717) is 23.7 Å². The quantitative estimate of drug-likeness (QED) is 0.629. The number of nitrogens with one attached hydrogen (secondary N) is 3.